The number of nitrogens with one attached hydrogen (secondary N) is 1. The maximum atomic E-state index is 4.67. The first kappa shape index (κ1) is 17.7. The van der Waals surface area contributed by atoms with Gasteiger partial charge in [-0.25, -0.2) is 4.98 Å². The standard InChI is InChI=1S/C22H20N6/c1-15(2)17-12-22(28-25-14-17)27-21-9-8-19-20(26-21)11-16(13-24-19)6-7-18-5-3-4-10-23-18/h3-15H,1-2H3,(H,26,27,28)/b7-6+. The highest BCUT2D eigenvalue weighted by atomic mass is 15.2. The average molecular weight is 368 g/mol. The molecule has 6 heteroatoms. The molecule has 138 valence electrons. The summed E-state index contributed by atoms with van der Waals surface area (Å²) in [5, 5.41) is 11.4. The van der Waals surface area contributed by atoms with Crippen LogP contribution in [-0.2, 0) is 0 Å². The predicted octanol–water partition coefficient (Wildman–Crippen LogP) is 4.85. The third-order valence-electron chi connectivity index (χ3n) is 4.29. The zero-order chi connectivity index (χ0) is 19.3. The van der Waals surface area contributed by atoms with E-state index in [0.717, 1.165) is 27.9 Å². The fraction of sp³-hybridized carbons (Fsp3) is 0.136. The van der Waals surface area contributed by atoms with E-state index in [2.05, 4.69) is 44.3 Å². The van der Waals surface area contributed by atoms with Gasteiger partial charge in [-0.15, -0.1) is 5.10 Å². The number of nitrogens with zero attached hydrogens (tertiary/aromatic N) is 5. The van der Waals surface area contributed by atoms with Gasteiger partial charge in [-0.05, 0) is 59.5 Å². The van der Waals surface area contributed by atoms with Crippen LogP contribution in [0.4, 0.5) is 11.6 Å². The minimum atomic E-state index is 0.387. The second-order valence-electron chi connectivity index (χ2n) is 6.75. The minimum absolute atomic E-state index is 0.387. The number of anilines is 2. The van der Waals surface area contributed by atoms with Crippen molar-refractivity contribution in [2.45, 2.75) is 19.8 Å². The molecule has 4 aromatic rings. The van der Waals surface area contributed by atoms with Crippen molar-refractivity contribution < 1.29 is 0 Å². The van der Waals surface area contributed by atoms with E-state index >= 15 is 0 Å². The summed E-state index contributed by atoms with van der Waals surface area (Å²) >= 11 is 0. The zero-order valence-electron chi connectivity index (χ0n) is 15.7. The van der Waals surface area contributed by atoms with Crippen LogP contribution in [0.1, 0.15) is 36.6 Å². The van der Waals surface area contributed by atoms with Crippen molar-refractivity contribution in [1.29, 1.82) is 0 Å². The van der Waals surface area contributed by atoms with Gasteiger partial charge in [0.05, 0.1) is 22.9 Å². The monoisotopic (exact) mass is 368 g/mol. The normalized spacial score (nSPS) is 11.4. The molecule has 0 bridgehead atoms. The number of fused-ring (bicyclic) bond motifs is 1. The summed E-state index contributed by atoms with van der Waals surface area (Å²) < 4.78 is 0. The molecule has 0 spiro atoms. The summed E-state index contributed by atoms with van der Waals surface area (Å²) in [5.74, 6) is 1.77. The number of rotatable bonds is 5. The van der Waals surface area contributed by atoms with Crippen LogP contribution in [-0.4, -0.2) is 25.1 Å². The van der Waals surface area contributed by atoms with Crippen LogP contribution in [0, 0.1) is 0 Å². The van der Waals surface area contributed by atoms with Crippen molar-refractivity contribution in [3.63, 3.8) is 0 Å². The Balaban J connectivity index is 1.59. The summed E-state index contributed by atoms with van der Waals surface area (Å²) in [6.07, 6.45) is 9.32. The van der Waals surface area contributed by atoms with Gasteiger partial charge in [-0.3, -0.25) is 9.97 Å². The van der Waals surface area contributed by atoms with E-state index in [1.54, 1.807) is 12.4 Å². The Bertz CT molecular complexity index is 1120. The maximum Gasteiger partial charge on any atom is 0.154 e. The van der Waals surface area contributed by atoms with E-state index in [9.17, 15) is 0 Å². The lowest BCUT2D eigenvalue weighted by molar-refractivity contribution is 0.843. The molecule has 0 radical (unpaired) electrons. The fourth-order valence-corrected chi connectivity index (χ4v) is 2.73. The molecule has 6 nitrogen and oxygen atoms in total. The quantitative estimate of drug-likeness (QED) is 0.542. The Morgan fingerprint density at radius 1 is 0.893 bits per heavy atom. The highest BCUT2D eigenvalue weighted by molar-refractivity contribution is 5.80. The van der Waals surface area contributed by atoms with E-state index in [1.165, 1.54) is 0 Å². The molecule has 0 aromatic carbocycles. The number of pyridine rings is 3. The molecule has 0 fully saturated rings. The first-order valence-electron chi connectivity index (χ1n) is 9.13. The lowest BCUT2D eigenvalue weighted by atomic mass is 10.1. The largest absolute Gasteiger partial charge is 0.323 e. The van der Waals surface area contributed by atoms with Crippen molar-refractivity contribution in [3.8, 4) is 0 Å². The van der Waals surface area contributed by atoms with Gasteiger partial charge < -0.3 is 5.32 Å². The molecule has 0 amide bonds. The van der Waals surface area contributed by atoms with Crippen LogP contribution >= 0.6 is 0 Å². The Hall–Kier alpha value is -3.67. The van der Waals surface area contributed by atoms with Crippen LogP contribution < -0.4 is 5.32 Å². The van der Waals surface area contributed by atoms with Gasteiger partial charge in [0.1, 0.15) is 5.82 Å². The zero-order valence-corrected chi connectivity index (χ0v) is 15.7. The molecule has 0 saturated carbocycles. The molecule has 0 unspecified atom stereocenters. The van der Waals surface area contributed by atoms with Gasteiger partial charge in [-0.2, -0.15) is 5.10 Å². The average Bonchev–Trinajstić information content (AvgIpc) is 2.73. The Morgan fingerprint density at radius 2 is 1.82 bits per heavy atom. The van der Waals surface area contributed by atoms with Gasteiger partial charge in [0.25, 0.3) is 0 Å². The van der Waals surface area contributed by atoms with E-state index in [1.807, 2.05) is 60.8 Å². The second-order valence-corrected chi connectivity index (χ2v) is 6.75. The molecule has 0 saturated heterocycles. The molecule has 4 rings (SSSR count). The second kappa shape index (κ2) is 7.92. The van der Waals surface area contributed by atoms with Crippen molar-refractivity contribution in [3.05, 3.63) is 77.9 Å². The predicted molar refractivity (Wildman–Crippen MR) is 112 cm³/mol. The van der Waals surface area contributed by atoms with Crippen molar-refractivity contribution in [1.82, 2.24) is 25.1 Å². The van der Waals surface area contributed by atoms with Crippen molar-refractivity contribution in [2.75, 3.05) is 5.32 Å². The molecule has 0 aliphatic heterocycles. The maximum absolute atomic E-state index is 4.67. The third-order valence-corrected chi connectivity index (χ3v) is 4.29. The molecule has 28 heavy (non-hydrogen) atoms. The first-order valence-corrected chi connectivity index (χ1v) is 9.13. The van der Waals surface area contributed by atoms with E-state index in [4.69, 9.17) is 0 Å². The van der Waals surface area contributed by atoms with Crippen molar-refractivity contribution >= 4 is 34.8 Å². The van der Waals surface area contributed by atoms with Crippen LogP contribution in [0.3, 0.4) is 0 Å². The summed E-state index contributed by atoms with van der Waals surface area (Å²) in [7, 11) is 0. The van der Waals surface area contributed by atoms with Gasteiger partial charge in [-0.1, -0.05) is 26.0 Å². The Morgan fingerprint density at radius 3 is 2.64 bits per heavy atom. The SMILES string of the molecule is CC(C)c1cnnc(Nc2ccc3ncc(/C=C/c4ccccn4)cc3n2)c1. The third kappa shape index (κ3) is 4.17. The molecule has 1 N–H and O–H groups in total. The first-order chi connectivity index (χ1) is 13.7. The van der Waals surface area contributed by atoms with Gasteiger partial charge in [0.2, 0.25) is 0 Å². The topological polar surface area (TPSA) is 76.5 Å². The summed E-state index contributed by atoms with van der Waals surface area (Å²) in [5.41, 5.74) is 4.63. The van der Waals surface area contributed by atoms with Crippen LogP contribution in [0.15, 0.2) is 61.1 Å². The highest BCUT2D eigenvalue weighted by Gasteiger charge is 2.05. The molecular weight excluding hydrogens is 348 g/mol. The van der Waals surface area contributed by atoms with Crippen LogP contribution in [0.5, 0.6) is 0 Å². The Labute approximate surface area is 163 Å². The highest BCUT2D eigenvalue weighted by Crippen LogP contribution is 2.20. The fourth-order valence-electron chi connectivity index (χ4n) is 2.73. The van der Waals surface area contributed by atoms with Gasteiger partial charge >= 0.3 is 0 Å². The number of aromatic nitrogens is 5. The number of hydrogen-bond acceptors (Lipinski definition) is 6. The van der Waals surface area contributed by atoms with Gasteiger partial charge in [0, 0.05) is 12.4 Å². The van der Waals surface area contributed by atoms with Crippen LogP contribution in [0.25, 0.3) is 23.2 Å². The lowest BCUT2D eigenvalue weighted by Crippen LogP contribution is -2.00. The molecule has 0 aliphatic carbocycles. The van der Waals surface area contributed by atoms with Crippen LogP contribution in [0.2, 0.25) is 0 Å². The molecule has 0 aliphatic rings. The molecule has 4 aromatic heterocycles. The smallest absolute Gasteiger partial charge is 0.154 e. The van der Waals surface area contributed by atoms with Crippen molar-refractivity contribution in [2.24, 2.45) is 0 Å². The number of hydrogen-bond donors (Lipinski definition) is 1. The van der Waals surface area contributed by atoms with Gasteiger partial charge in [0.15, 0.2) is 5.82 Å². The molecule has 4 heterocycles. The van der Waals surface area contributed by atoms with E-state index < -0.39 is 0 Å². The minimum Gasteiger partial charge on any atom is -0.323 e. The van der Waals surface area contributed by atoms with E-state index in [0.29, 0.717) is 17.6 Å². The lowest BCUT2D eigenvalue weighted by Gasteiger charge is -2.08. The molecule has 0 atom stereocenters. The summed E-state index contributed by atoms with van der Waals surface area (Å²) in [6.45, 7) is 4.25. The summed E-state index contributed by atoms with van der Waals surface area (Å²) in [4.78, 5) is 13.4. The van der Waals surface area contributed by atoms with E-state index in [-0.39, 0.29) is 0 Å². The molecular formula is C22H20N6. The Kier molecular flexibility index (Phi) is 5.01. The summed E-state index contributed by atoms with van der Waals surface area (Å²) in [6, 6.07) is 13.6.